The third kappa shape index (κ3) is 5.42. The molecular weight excluding hydrogens is 368 g/mol. The van der Waals surface area contributed by atoms with Crippen molar-refractivity contribution >= 4 is 41.6 Å². The zero-order chi connectivity index (χ0) is 15.5. The van der Waals surface area contributed by atoms with E-state index in [0.29, 0.717) is 10.4 Å². The van der Waals surface area contributed by atoms with Crippen molar-refractivity contribution in [2.45, 2.75) is 38.2 Å². The van der Waals surface area contributed by atoms with Crippen molar-refractivity contribution in [3.05, 3.63) is 28.2 Å². The lowest BCUT2D eigenvalue weighted by molar-refractivity contribution is 0.0299. The normalized spacial score (nSPS) is 13.3. The maximum absolute atomic E-state index is 12.0. The molecule has 0 fully saturated rings. The minimum Gasteiger partial charge on any atom is -0.459 e. The highest BCUT2D eigenvalue weighted by Crippen LogP contribution is 2.23. The van der Waals surface area contributed by atoms with Crippen LogP contribution in [-0.2, 0) is 13.8 Å². The van der Waals surface area contributed by atoms with Crippen LogP contribution in [0.4, 0.5) is 0 Å². The fraction of sp³-hybridized carbons (Fsp3) is 0.462. The van der Waals surface area contributed by atoms with Crippen molar-refractivity contribution in [2.75, 3.05) is 0 Å². The van der Waals surface area contributed by atoms with E-state index < -0.39 is 15.0 Å². The van der Waals surface area contributed by atoms with E-state index in [9.17, 15) is 13.2 Å². The van der Waals surface area contributed by atoms with E-state index in [-0.39, 0.29) is 16.6 Å². The van der Waals surface area contributed by atoms with Crippen LogP contribution < -0.4 is 0 Å². The maximum atomic E-state index is 12.0. The summed E-state index contributed by atoms with van der Waals surface area (Å²) >= 11 is 3.15. The molecule has 112 valence electrons. The Kier molecular flexibility index (Phi) is 6.04. The van der Waals surface area contributed by atoms with E-state index in [1.54, 1.807) is 6.92 Å². The summed E-state index contributed by atoms with van der Waals surface area (Å²) in [6.45, 7) is 5.86. The number of rotatable bonds is 5. The van der Waals surface area contributed by atoms with Gasteiger partial charge in [-0.1, -0.05) is 29.8 Å². The van der Waals surface area contributed by atoms with Gasteiger partial charge in [-0.25, -0.2) is 13.2 Å². The molecule has 1 rings (SSSR count). The van der Waals surface area contributed by atoms with E-state index in [0.717, 1.165) is 6.42 Å². The third-order valence-electron chi connectivity index (χ3n) is 2.50. The molecule has 0 amide bonds. The number of ether oxygens (including phenoxy) is 1. The first kappa shape index (κ1) is 17.5. The summed E-state index contributed by atoms with van der Waals surface area (Å²) in [7, 11) is 1.39. The predicted octanol–water partition coefficient (Wildman–Crippen LogP) is 3.97. The minimum atomic E-state index is -3.89. The Hall–Kier alpha value is -0.590. The van der Waals surface area contributed by atoms with Crippen molar-refractivity contribution in [3.63, 3.8) is 0 Å². The molecule has 0 heterocycles. The van der Waals surface area contributed by atoms with Crippen LogP contribution in [0.2, 0.25) is 0 Å². The number of halogens is 2. The SMILES string of the molecule is CC(C)CC(C)OC(=O)c1cc(Br)cc(S(=O)(=O)Cl)c1. The number of benzene rings is 1. The van der Waals surface area contributed by atoms with Crippen molar-refractivity contribution in [3.8, 4) is 0 Å². The molecule has 0 N–H and O–H groups in total. The van der Waals surface area contributed by atoms with Gasteiger partial charge in [-0.2, -0.15) is 0 Å². The summed E-state index contributed by atoms with van der Waals surface area (Å²) in [5.41, 5.74) is 0.147. The van der Waals surface area contributed by atoms with Crippen LogP contribution in [0.5, 0.6) is 0 Å². The molecule has 0 radical (unpaired) electrons. The molecule has 0 bridgehead atoms. The minimum absolute atomic E-state index is 0.142. The Bertz CT molecular complexity index is 598. The van der Waals surface area contributed by atoms with Gasteiger partial charge in [0, 0.05) is 15.2 Å². The first-order valence-electron chi connectivity index (χ1n) is 6.06. The van der Waals surface area contributed by atoms with E-state index in [4.69, 9.17) is 15.4 Å². The summed E-state index contributed by atoms with van der Waals surface area (Å²) in [6, 6.07) is 4.03. The van der Waals surface area contributed by atoms with Gasteiger partial charge < -0.3 is 4.74 Å². The second-order valence-corrected chi connectivity index (χ2v) is 8.44. The van der Waals surface area contributed by atoms with Gasteiger partial charge in [-0.15, -0.1) is 0 Å². The lowest BCUT2D eigenvalue weighted by Gasteiger charge is -2.15. The van der Waals surface area contributed by atoms with Gasteiger partial charge in [0.15, 0.2) is 0 Å². The first-order chi connectivity index (χ1) is 9.09. The first-order valence-corrected chi connectivity index (χ1v) is 9.16. The van der Waals surface area contributed by atoms with Crippen molar-refractivity contribution in [1.29, 1.82) is 0 Å². The predicted molar refractivity (Wildman–Crippen MR) is 81.5 cm³/mol. The molecule has 4 nitrogen and oxygen atoms in total. The Morgan fingerprint density at radius 2 is 1.90 bits per heavy atom. The molecule has 1 atom stereocenters. The number of hydrogen-bond acceptors (Lipinski definition) is 4. The van der Waals surface area contributed by atoms with Crippen LogP contribution in [0.3, 0.4) is 0 Å². The van der Waals surface area contributed by atoms with Crippen LogP contribution in [-0.4, -0.2) is 20.5 Å². The van der Waals surface area contributed by atoms with Gasteiger partial charge in [-0.05, 0) is 37.5 Å². The third-order valence-corrected chi connectivity index (χ3v) is 4.29. The molecule has 0 saturated carbocycles. The molecule has 1 aromatic rings. The highest BCUT2D eigenvalue weighted by Gasteiger charge is 2.18. The fourth-order valence-electron chi connectivity index (χ4n) is 1.78. The lowest BCUT2D eigenvalue weighted by Crippen LogP contribution is -2.17. The monoisotopic (exact) mass is 382 g/mol. The average Bonchev–Trinajstić information content (AvgIpc) is 2.25. The molecule has 0 aromatic heterocycles. The Morgan fingerprint density at radius 3 is 2.40 bits per heavy atom. The van der Waals surface area contributed by atoms with Crippen LogP contribution in [0.1, 0.15) is 37.6 Å². The van der Waals surface area contributed by atoms with Gasteiger partial charge in [-0.3, -0.25) is 0 Å². The summed E-state index contributed by atoms with van der Waals surface area (Å²) in [6.07, 6.45) is 0.498. The van der Waals surface area contributed by atoms with Gasteiger partial charge >= 0.3 is 5.97 Å². The van der Waals surface area contributed by atoms with Crippen LogP contribution in [0, 0.1) is 5.92 Å². The molecule has 0 saturated heterocycles. The topological polar surface area (TPSA) is 60.4 Å². The summed E-state index contributed by atoms with van der Waals surface area (Å²) in [4.78, 5) is 11.8. The fourth-order valence-corrected chi connectivity index (χ4v) is 3.23. The lowest BCUT2D eigenvalue weighted by atomic mass is 10.1. The second kappa shape index (κ2) is 6.91. The van der Waals surface area contributed by atoms with E-state index >= 15 is 0 Å². The Balaban J connectivity index is 2.97. The molecule has 1 aromatic carbocycles. The number of carbonyl (C=O) groups excluding carboxylic acids is 1. The highest BCUT2D eigenvalue weighted by molar-refractivity contribution is 9.10. The van der Waals surface area contributed by atoms with E-state index in [1.165, 1.54) is 18.2 Å². The number of hydrogen-bond donors (Lipinski definition) is 0. The Morgan fingerprint density at radius 1 is 1.30 bits per heavy atom. The van der Waals surface area contributed by atoms with Crippen LogP contribution >= 0.6 is 26.6 Å². The Labute approximate surface area is 132 Å². The number of carbonyl (C=O) groups is 1. The second-order valence-electron chi connectivity index (χ2n) is 4.96. The quantitative estimate of drug-likeness (QED) is 0.570. The van der Waals surface area contributed by atoms with Gasteiger partial charge in [0.1, 0.15) is 0 Å². The molecule has 7 heteroatoms. The zero-order valence-electron chi connectivity index (χ0n) is 11.4. The molecule has 0 aliphatic heterocycles. The van der Waals surface area contributed by atoms with Crippen LogP contribution in [0.25, 0.3) is 0 Å². The molecule has 0 aliphatic carbocycles. The zero-order valence-corrected chi connectivity index (χ0v) is 14.5. The van der Waals surface area contributed by atoms with E-state index in [1.807, 2.05) is 13.8 Å². The summed E-state index contributed by atoms with van der Waals surface area (Å²) < 4.78 is 28.4. The average molecular weight is 384 g/mol. The highest BCUT2D eigenvalue weighted by atomic mass is 79.9. The van der Waals surface area contributed by atoms with Crippen molar-refractivity contribution in [1.82, 2.24) is 0 Å². The molecule has 1 unspecified atom stereocenters. The van der Waals surface area contributed by atoms with Gasteiger partial charge in [0.25, 0.3) is 9.05 Å². The van der Waals surface area contributed by atoms with Crippen molar-refractivity contribution < 1.29 is 17.9 Å². The smallest absolute Gasteiger partial charge is 0.338 e. The van der Waals surface area contributed by atoms with Crippen LogP contribution in [0.15, 0.2) is 27.6 Å². The van der Waals surface area contributed by atoms with Gasteiger partial charge in [0.05, 0.1) is 16.6 Å². The van der Waals surface area contributed by atoms with Gasteiger partial charge in [0.2, 0.25) is 0 Å². The molecule has 0 spiro atoms. The molecule has 20 heavy (non-hydrogen) atoms. The summed E-state index contributed by atoms with van der Waals surface area (Å²) in [5.74, 6) is -0.167. The molecule has 0 aliphatic rings. The summed E-state index contributed by atoms with van der Waals surface area (Å²) in [5, 5.41) is 0. The molecular formula is C13H16BrClO4S. The van der Waals surface area contributed by atoms with Crippen molar-refractivity contribution in [2.24, 2.45) is 5.92 Å². The maximum Gasteiger partial charge on any atom is 0.338 e. The largest absolute Gasteiger partial charge is 0.459 e. The standard InChI is InChI=1S/C13H16BrClO4S/c1-8(2)4-9(3)19-13(16)10-5-11(14)7-12(6-10)20(15,17)18/h5-9H,4H2,1-3H3. The van der Waals surface area contributed by atoms with E-state index in [2.05, 4.69) is 15.9 Å². The number of esters is 1.